The second-order valence-electron chi connectivity index (χ2n) is 3.68. The number of nitrogens with zero attached hydrogens (tertiary/aromatic N) is 3. The molecule has 0 spiro atoms. The minimum absolute atomic E-state index is 0.188. The van der Waals surface area contributed by atoms with Gasteiger partial charge in [-0.3, -0.25) is 0 Å². The van der Waals surface area contributed by atoms with Crippen molar-refractivity contribution in [2.75, 3.05) is 6.61 Å². The highest BCUT2D eigenvalue weighted by Gasteiger charge is 2.08. The van der Waals surface area contributed by atoms with Crippen LogP contribution in [0.3, 0.4) is 0 Å². The van der Waals surface area contributed by atoms with Gasteiger partial charge >= 0.3 is 0 Å². The highest BCUT2D eigenvalue weighted by molar-refractivity contribution is 9.10. The molecule has 0 aliphatic carbocycles. The molecule has 2 aromatic rings. The molecule has 0 saturated carbocycles. The van der Waals surface area contributed by atoms with Gasteiger partial charge in [-0.2, -0.15) is 5.10 Å². The molecule has 0 radical (unpaired) electrons. The molecule has 0 aromatic carbocycles. The quantitative estimate of drug-likeness (QED) is 0.922. The zero-order valence-corrected chi connectivity index (χ0v) is 9.98. The lowest BCUT2D eigenvalue weighted by Gasteiger charge is -2.02. The normalized spacial score (nSPS) is 13.3. The first-order chi connectivity index (χ1) is 7.20. The molecule has 5 heteroatoms. The third-order valence-electron chi connectivity index (χ3n) is 2.26. The maximum absolute atomic E-state index is 8.97. The third kappa shape index (κ3) is 2.18. The van der Waals surface area contributed by atoms with E-state index in [1.807, 2.05) is 19.2 Å². The van der Waals surface area contributed by atoms with Crippen LogP contribution in [0.1, 0.15) is 12.6 Å². The van der Waals surface area contributed by atoms with E-state index in [2.05, 4.69) is 26.0 Å². The van der Waals surface area contributed by atoms with Gasteiger partial charge in [0.25, 0.3) is 0 Å². The molecule has 4 nitrogen and oxygen atoms in total. The van der Waals surface area contributed by atoms with Crippen molar-refractivity contribution < 1.29 is 5.11 Å². The first-order valence-electron chi connectivity index (χ1n) is 4.80. The summed E-state index contributed by atoms with van der Waals surface area (Å²) in [5.41, 5.74) is 1.93. The molecule has 2 rings (SSSR count). The van der Waals surface area contributed by atoms with E-state index in [1.54, 1.807) is 10.7 Å². The van der Waals surface area contributed by atoms with E-state index in [0.717, 1.165) is 22.2 Å². The Bertz CT molecular complexity index is 469. The number of fused-ring (bicyclic) bond motifs is 1. The molecule has 0 fully saturated rings. The Morgan fingerprint density at radius 2 is 2.40 bits per heavy atom. The van der Waals surface area contributed by atoms with Gasteiger partial charge in [-0.1, -0.05) is 6.92 Å². The summed E-state index contributed by atoms with van der Waals surface area (Å²) in [5.74, 6) is 0.238. The van der Waals surface area contributed by atoms with E-state index in [9.17, 15) is 0 Å². The summed E-state index contributed by atoms with van der Waals surface area (Å²) in [6, 6.07) is 1.99. The van der Waals surface area contributed by atoms with Crippen LogP contribution in [0.25, 0.3) is 5.52 Å². The fourth-order valence-electron chi connectivity index (χ4n) is 1.46. The Morgan fingerprint density at radius 3 is 3.07 bits per heavy atom. The van der Waals surface area contributed by atoms with Crippen LogP contribution >= 0.6 is 15.9 Å². The van der Waals surface area contributed by atoms with Crippen molar-refractivity contribution in [3.63, 3.8) is 0 Å². The molecule has 1 N–H and O–H groups in total. The SMILES string of the molecule is C[C@H](CO)Cc1cc2c(Br)nccn2n1. The Hall–Kier alpha value is -0.940. The molecular formula is C10H12BrN3O. The van der Waals surface area contributed by atoms with Gasteiger partial charge in [-0.05, 0) is 34.3 Å². The van der Waals surface area contributed by atoms with E-state index in [0.29, 0.717) is 0 Å². The predicted octanol–water partition coefficient (Wildman–Crippen LogP) is 1.66. The van der Waals surface area contributed by atoms with Crippen molar-refractivity contribution in [3.8, 4) is 0 Å². The minimum Gasteiger partial charge on any atom is -0.396 e. The van der Waals surface area contributed by atoms with Crippen LogP contribution in [-0.2, 0) is 6.42 Å². The summed E-state index contributed by atoms with van der Waals surface area (Å²) in [4.78, 5) is 4.13. The van der Waals surface area contributed by atoms with Crippen LogP contribution in [0.15, 0.2) is 23.1 Å². The van der Waals surface area contributed by atoms with Crippen molar-refractivity contribution in [1.29, 1.82) is 0 Å². The first-order valence-corrected chi connectivity index (χ1v) is 5.59. The second-order valence-corrected chi connectivity index (χ2v) is 4.43. The van der Waals surface area contributed by atoms with Crippen molar-refractivity contribution in [2.24, 2.45) is 5.92 Å². The standard InChI is InChI=1S/C10H12BrN3O/c1-7(6-15)4-8-5-9-10(11)12-2-3-14(9)13-8/h2-3,5,7,15H,4,6H2,1H3/t7-/m0/s1. The molecule has 2 heterocycles. The molecular weight excluding hydrogens is 258 g/mol. The predicted molar refractivity (Wildman–Crippen MR) is 60.6 cm³/mol. The number of aromatic nitrogens is 3. The summed E-state index contributed by atoms with van der Waals surface area (Å²) in [6.07, 6.45) is 4.29. The van der Waals surface area contributed by atoms with Gasteiger partial charge in [0, 0.05) is 19.0 Å². The van der Waals surface area contributed by atoms with Crippen LogP contribution in [0.2, 0.25) is 0 Å². The fourth-order valence-corrected chi connectivity index (χ4v) is 1.88. The van der Waals surface area contributed by atoms with Crippen molar-refractivity contribution >= 4 is 21.4 Å². The number of hydrogen-bond donors (Lipinski definition) is 1. The maximum Gasteiger partial charge on any atom is 0.131 e. The van der Waals surface area contributed by atoms with E-state index in [4.69, 9.17) is 5.11 Å². The zero-order valence-electron chi connectivity index (χ0n) is 8.39. The summed E-state index contributed by atoms with van der Waals surface area (Å²) in [6.45, 7) is 2.19. The lowest BCUT2D eigenvalue weighted by Crippen LogP contribution is -2.04. The van der Waals surface area contributed by atoms with Gasteiger partial charge in [0.15, 0.2) is 0 Å². The lowest BCUT2D eigenvalue weighted by atomic mass is 10.1. The van der Waals surface area contributed by atoms with Crippen LogP contribution in [0.5, 0.6) is 0 Å². The van der Waals surface area contributed by atoms with E-state index in [1.165, 1.54) is 0 Å². The number of hydrogen-bond acceptors (Lipinski definition) is 3. The van der Waals surface area contributed by atoms with Crippen LogP contribution < -0.4 is 0 Å². The van der Waals surface area contributed by atoms with Gasteiger partial charge in [0.1, 0.15) is 4.60 Å². The molecule has 80 valence electrons. The highest BCUT2D eigenvalue weighted by Crippen LogP contribution is 2.17. The van der Waals surface area contributed by atoms with Crippen molar-refractivity contribution in [1.82, 2.24) is 14.6 Å². The molecule has 15 heavy (non-hydrogen) atoms. The first kappa shape index (κ1) is 10.6. The Kier molecular flexibility index (Phi) is 3.02. The average molecular weight is 270 g/mol. The number of aliphatic hydroxyl groups is 1. The fraction of sp³-hybridized carbons (Fsp3) is 0.400. The molecule has 0 bridgehead atoms. The Balaban J connectivity index is 2.35. The average Bonchev–Trinajstić information content (AvgIpc) is 2.62. The van der Waals surface area contributed by atoms with Gasteiger partial charge in [-0.25, -0.2) is 9.50 Å². The molecule has 0 unspecified atom stereocenters. The van der Waals surface area contributed by atoms with E-state index in [-0.39, 0.29) is 12.5 Å². The topological polar surface area (TPSA) is 50.4 Å². The number of aliphatic hydroxyl groups excluding tert-OH is 1. The number of rotatable bonds is 3. The molecule has 2 aromatic heterocycles. The Labute approximate surface area is 96.1 Å². The number of halogens is 1. The van der Waals surface area contributed by atoms with Gasteiger partial charge in [0.2, 0.25) is 0 Å². The van der Waals surface area contributed by atoms with Gasteiger partial charge in [0.05, 0.1) is 11.2 Å². The lowest BCUT2D eigenvalue weighted by molar-refractivity contribution is 0.236. The van der Waals surface area contributed by atoms with Crippen LogP contribution in [0, 0.1) is 5.92 Å². The molecule has 0 saturated heterocycles. The van der Waals surface area contributed by atoms with Crippen molar-refractivity contribution in [2.45, 2.75) is 13.3 Å². The van der Waals surface area contributed by atoms with Crippen LogP contribution in [0.4, 0.5) is 0 Å². The monoisotopic (exact) mass is 269 g/mol. The zero-order chi connectivity index (χ0) is 10.8. The smallest absolute Gasteiger partial charge is 0.131 e. The van der Waals surface area contributed by atoms with E-state index >= 15 is 0 Å². The van der Waals surface area contributed by atoms with Crippen LogP contribution in [-0.4, -0.2) is 26.3 Å². The summed E-state index contributed by atoms with van der Waals surface area (Å²) < 4.78 is 2.58. The summed E-state index contributed by atoms with van der Waals surface area (Å²) in [7, 11) is 0. The summed E-state index contributed by atoms with van der Waals surface area (Å²) in [5, 5.41) is 13.4. The minimum atomic E-state index is 0.188. The summed E-state index contributed by atoms with van der Waals surface area (Å²) >= 11 is 3.37. The molecule has 0 aliphatic rings. The van der Waals surface area contributed by atoms with Crippen molar-refractivity contribution in [3.05, 3.63) is 28.8 Å². The molecule has 0 amide bonds. The van der Waals surface area contributed by atoms with Gasteiger partial charge < -0.3 is 5.11 Å². The third-order valence-corrected chi connectivity index (χ3v) is 2.87. The molecule has 1 atom stereocenters. The van der Waals surface area contributed by atoms with Gasteiger partial charge in [-0.15, -0.1) is 0 Å². The Morgan fingerprint density at radius 1 is 1.60 bits per heavy atom. The highest BCUT2D eigenvalue weighted by atomic mass is 79.9. The largest absolute Gasteiger partial charge is 0.396 e. The van der Waals surface area contributed by atoms with E-state index < -0.39 is 0 Å². The maximum atomic E-state index is 8.97. The molecule has 0 aliphatic heterocycles. The second kappa shape index (κ2) is 4.28.